The Bertz CT molecular complexity index is 1040. The third kappa shape index (κ3) is 14.1. The highest BCUT2D eigenvalue weighted by molar-refractivity contribution is 5.90. The molecule has 2 atom stereocenters. The molecular formula is C34H56N2O6. The summed E-state index contributed by atoms with van der Waals surface area (Å²) in [6.07, 6.45) is 1.58. The average molecular weight is 589 g/mol. The Morgan fingerprint density at radius 3 is 1.93 bits per heavy atom. The predicted octanol–water partition coefficient (Wildman–Crippen LogP) is 6.08. The summed E-state index contributed by atoms with van der Waals surface area (Å²) < 4.78 is 10.6. The second kappa shape index (κ2) is 17.7. The summed E-state index contributed by atoms with van der Waals surface area (Å²) in [5.74, 6) is -1.57. The molecule has 0 spiro atoms. The summed E-state index contributed by atoms with van der Waals surface area (Å²) in [6.45, 7) is 22.9. The molecule has 0 radical (unpaired) electrons. The van der Waals surface area contributed by atoms with Gasteiger partial charge >= 0.3 is 11.9 Å². The Morgan fingerprint density at radius 1 is 0.952 bits per heavy atom. The molecule has 1 N–H and O–H groups in total. The molecule has 0 unspecified atom stereocenters. The number of hydrogen-bond acceptors (Lipinski definition) is 6. The lowest BCUT2D eigenvalue weighted by atomic mass is 9.71. The Balaban J connectivity index is 0.00000393. The van der Waals surface area contributed by atoms with E-state index >= 15 is 0 Å². The minimum atomic E-state index is -0.773. The first kappa shape index (κ1) is 38.8. The number of nitrogens with zero attached hydrogens (tertiary/aromatic N) is 1. The molecule has 42 heavy (non-hydrogen) atoms. The molecule has 238 valence electrons. The van der Waals surface area contributed by atoms with Crippen LogP contribution in [0.4, 0.5) is 0 Å². The van der Waals surface area contributed by atoms with Gasteiger partial charge in [0, 0.05) is 18.0 Å². The standard InChI is InChI=1S/C30H46N2O6.C4H10/c1-11-37-28(36)21(4)17-24(20(2)3)32(10)25(33)19-31-27(35)23(18-26(34)38-29(5,6)7)30(8,9)22-15-13-12-14-16-22;1-4(2)3/h12-17,20,23-24H,11,18-19H2,1-10H3,(H,31,35);4H,1-3H3/b21-17+;/t23-,24-;/m1./s1. The van der Waals surface area contributed by atoms with Crippen LogP contribution in [0.2, 0.25) is 0 Å². The number of rotatable bonds is 12. The summed E-state index contributed by atoms with van der Waals surface area (Å²) in [4.78, 5) is 52.9. The minimum absolute atomic E-state index is 0.0148. The van der Waals surface area contributed by atoms with Crippen molar-refractivity contribution in [1.82, 2.24) is 10.2 Å². The van der Waals surface area contributed by atoms with Crippen LogP contribution in [0.15, 0.2) is 42.0 Å². The second-order valence-electron chi connectivity index (χ2n) is 13.2. The number of carbonyl (C=O) groups is 4. The van der Waals surface area contributed by atoms with Gasteiger partial charge in [-0.2, -0.15) is 0 Å². The maximum Gasteiger partial charge on any atom is 0.333 e. The molecule has 0 bridgehead atoms. The highest BCUT2D eigenvalue weighted by Crippen LogP contribution is 2.34. The van der Waals surface area contributed by atoms with E-state index in [0.717, 1.165) is 11.5 Å². The van der Waals surface area contributed by atoms with Gasteiger partial charge in [0.2, 0.25) is 11.8 Å². The third-order valence-electron chi connectivity index (χ3n) is 6.45. The monoisotopic (exact) mass is 588 g/mol. The number of nitrogens with one attached hydrogen (secondary N) is 1. The Labute approximate surface area is 254 Å². The van der Waals surface area contributed by atoms with Crippen LogP contribution in [0, 0.1) is 17.8 Å². The zero-order valence-electron chi connectivity index (χ0n) is 28.3. The zero-order chi connectivity index (χ0) is 32.8. The van der Waals surface area contributed by atoms with Crippen molar-refractivity contribution in [3.05, 3.63) is 47.5 Å². The topological polar surface area (TPSA) is 102 Å². The first-order chi connectivity index (χ1) is 19.2. The third-order valence-corrected chi connectivity index (χ3v) is 6.45. The van der Waals surface area contributed by atoms with Gasteiger partial charge in [-0.05, 0) is 52.0 Å². The summed E-state index contributed by atoms with van der Waals surface area (Å²) in [6, 6.07) is 9.12. The summed E-state index contributed by atoms with van der Waals surface area (Å²) in [7, 11) is 1.64. The van der Waals surface area contributed by atoms with E-state index in [0.29, 0.717) is 5.57 Å². The second-order valence-corrected chi connectivity index (χ2v) is 13.2. The van der Waals surface area contributed by atoms with Crippen LogP contribution in [0.25, 0.3) is 0 Å². The van der Waals surface area contributed by atoms with Crippen LogP contribution >= 0.6 is 0 Å². The van der Waals surface area contributed by atoms with Crippen LogP contribution < -0.4 is 5.32 Å². The number of amides is 2. The smallest absolute Gasteiger partial charge is 0.333 e. The number of esters is 2. The number of ether oxygens (including phenoxy) is 2. The lowest BCUT2D eigenvalue weighted by Crippen LogP contribution is -2.48. The van der Waals surface area contributed by atoms with Gasteiger partial charge in [0.1, 0.15) is 5.60 Å². The highest BCUT2D eigenvalue weighted by Gasteiger charge is 2.39. The van der Waals surface area contributed by atoms with Gasteiger partial charge in [-0.15, -0.1) is 0 Å². The first-order valence-corrected chi connectivity index (χ1v) is 14.9. The van der Waals surface area contributed by atoms with Gasteiger partial charge in [-0.1, -0.05) is 84.9 Å². The van der Waals surface area contributed by atoms with Crippen molar-refractivity contribution in [2.24, 2.45) is 17.8 Å². The molecule has 2 amide bonds. The SMILES string of the molecule is CC(C)C.CCOC(=O)/C(C)=C/[C@H](C(C)C)N(C)C(=O)CNC(=O)[C@@H](CC(=O)OC(C)(C)C)C(C)(C)c1ccccc1. The lowest BCUT2D eigenvalue weighted by Gasteiger charge is -2.34. The minimum Gasteiger partial charge on any atom is -0.463 e. The fraction of sp³-hybridized carbons (Fsp3) is 0.647. The van der Waals surface area contributed by atoms with Crippen LogP contribution in [0.3, 0.4) is 0 Å². The van der Waals surface area contributed by atoms with Crippen LogP contribution in [0.1, 0.15) is 95.1 Å². The van der Waals surface area contributed by atoms with Gasteiger partial charge in [-0.25, -0.2) is 4.79 Å². The molecule has 0 fully saturated rings. The van der Waals surface area contributed by atoms with Crippen molar-refractivity contribution >= 4 is 23.8 Å². The van der Waals surface area contributed by atoms with Crippen molar-refractivity contribution in [1.29, 1.82) is 0 Å². The molecule has 1 aromatic rings. The normalized spacial score (nSPS) is 13.5. The van der Waals surface area contributed by atoms with E-state index in [4.69, 9.17) is 9.47 Å². The maximum absolute atomic E-state index is 13.5. The molecule has 0 aromatic heterocycles. The van der Waals surface area contributed by atoms with E-state index in [9.17, 15) is 19.2 Å². The largest absolute Gasteiger partial charge is 0.463 e. The Morgan fingerprint density at radius 2 is 1.48 bits per heavy atom. The number of hydrogen-bond donors (Lipinski definition) is 1. The summed E-state index contributed by atoms with van der Waals surface area (Å²) in [5.41, 5.74) is -0.0887. The van der Waals surface area contributed by atoms with E-state index in [2.05, 4.69) is 26.1 Å². The van der Waals surface area contributed by atoms with Crippen molar-refractivity contribution in [2.75, 3.05) is 20.2 Å². The van der Waals surface area contributed by atoms with Gasteiger partial charge in [0.25, 0.3) is 0 Å². The quantitative estimate of drug-likeness (QED) is 0.234. The number of carbonyl (C=O) groups excluding carboxylic acids is 4. The lowest BCUT2D eigenvalue weighted by molar-refractivity contribution is -0.158. The van der Waals surface area contributed by atoms with Crippen molar-refractivity contribution in [3.63, 3.8) is 0 Å². The molecule has 0 aliphatic carbocycles. The number of likely N-dealkylation sites (N-methyl/N-ethyl adjacent to an activating group) is 1. The van der Waals surface area contributed by atoms with E-state index < -0.39 is 34.8 Å². The van der Waals surface area contributed by atoms with Crippen LogP contribution in [-0.2, 0) is 34.1 Å². The molecule has 0 saturated heterocycles. The Kier molecular flexibility index (Phi) is 16.4. The molecule has 0 aliphatic heterocycles. The van der Waals surface area contributed by atoms with Crippen molar-refractivity contribution < 1.29 is 28.7 Å². The molecule has 8 heteroatoms. The van der Waals surface area contributed by atoms with E-state index in [1.807, 2.05) is 58.0 Å². The molecule has 1 aromatic carbocycles. The van der Waals surface area contributed by atoms with Crippen LogP contribution in [-0.4, -0.2) is 60.5 Å². The first-order valence-electron chi connectivity index (χ1n) is 14.9. The van der Waals surface area contributed by atoms with E-state index in [1.165, 1.54) is 4.90 Å². The van der Waals surface area contributed by atoms with E-state index in [1.54, 1.807) is 47.7 Å². The molecule has 1 rings (SSSR count). The predicted molar refractivity (Wildman–Crippen MR) is 169 cm³/mol. The molecule has 0 heterocycles. The van der Waals surface area contributed by atoms with Crippen LogP contribution in [0.5, 0.6) is 0 Å². The van der Waals surface area contributed by atoms with Gasteiger partial charge in [0.15, 0.2) is 0 Å². The number of benzene rings is 1. The zero-order valence-corrected chi connectivity index (χ0v) is 28.3. The maximum atomic E-state index is 13.5. The average Bonchev–Trinajstić information content (AvgIpc) is 2.87. The van der Waals surface area contributed by atoms with Gasteiger partial charge in [-0.3, -0.25) is 14.4 Å². The molecule has 0 aliphatic rings. The summed E-state index contributed by atoms with van der Waals surface area (Å²) >= 11 is 0. The fourth-order valence-corrected chi connectivity index (χ4v) is 4.19. The van der Waals surface area contributed by atoms with E-state index in [-0.39, 0.29) is 37.4 Å². The molecular weight excluding hydrogens is 532 g/mol. The fourth-order valence-electron chi connectivity index (χ4n) is 4.19. The molecule has 8 nitrogen and oxygen atoms in total. The Hall–Kier alpha value is -3.16. The summed E-state index contributed by atoms with van der Waals surface area (Å²) in [5, 5.41) is 2.75. The van der Waals surface area contributed by atoms with Gasteiger partial charge in [0.05, 0.1) is 31.5 Å². The van der Waals surface area contributed by atoms with Crippen molar-refractivity contribution in [2.45, 2.75) is 107 Å². The van der Waals surface area contributed by atoms with Crippen molar-refractivity contribution in [3.8, 4) is 0 Å². The van der Waals surface area contributed by atoms with Gasteiger partial charge < -0.3 is 19.7 Å². The molecule has 0 saturated carbocycles. The highest BCUT2D eigenvalue weighted by atomic mass is 16.6.